The molecule has 2 aromatic rings. The number of pyridine rings is 1. The van der Waals surface area contributed by atoms with Gasteiger partial charge in [0.2, 0.25) is 0 Å². The minimum atomic E-state index is -2.86. The molecule has 2 aliphatic rings. The SMILES string of the molecule is CCc1cc(N2CCOc3cc(C(=O)N4CCCC(F)(F)C4)cnc32)ccc1C(=O)C(C)C. The highest BCUT2D eigenvalue weighted by atomic mass is 19.3. The maximum absolute atomic E-state index is 13.8. The van der Waals surface area contributed by atoms with E-state index in [0.717, 1.165) is 23.2 Å². The summed E-state index contributed by atoms with van der Waals surface area (Å²) in [5.41, 5.74) is 2.83. The lowest BCUT2D eigenvalue weighted by atomic mass is 9.94. The number of anilines is 2. The maximum atomic E-state index is 13.8. The van der Waals surface area contributed by atoms with Crippen LogP contribution in [0.15, 0.2) is 30.5 Å². The van der Waals surface area contributed by atoms with Crippen LogP contribution in [0.4, 0.5) is 20.3 Å². The van der Waals surface area contributed by atoms with Gasteiger partial charge in [0, 0.05) is 36.3 Å². The van der Waals surface area contributed by atoms with Crippen LogP contribution >= 0.6 is 0 Å². The van der Waals surface area contributed by atoms with Crippen molar-refractivity contribution in [3.63, 3.8) is 0 Å². The maximum Gasteiger partial charge on any atom is 0.265 e. The number of ether oxygens (including phenoxy) is 1. The van der Waals surface area contributed by atoms with Crippen molar-refractivity contribution in [1.82, 2.24) is 9.88 Å². The molecule has 33 heavy (non-hydrogen) atoms. The molecule has 1 aromatic heterocycles. The van der Waals surface area contributed by atoms with Crippen molar-refractivity contribution in [2.45, 2.75) is 46.0 Å². The van der Waals surface area contributed by atoms with Crippen molar-refractivity contribution >= 4 is 23.2 Å². The molecule has 1 amide bonds. The number of carbonyl (C=O) groups excluding carboxylic acids is 2. The predicted molar refractivity (Wildman–Crippen MR) is 122 cm³/mol. The topological polar surface area (TPSA) is 62.7 Å². The molecule has 3 heterocycles. The Morgan fingerprint density at radius 1 is 1.21 bits per heavy atom. The van der Waals surface area contributed by atoms with Gasteiger partial charge in [0.15, 0.2) is 17.4 Å². The van der Waals surface area contributed by atoms with E-state index < -0.39 is 18.4 Å². The largest absolute Gasteiger partial charge is 0.488 e. The van der Waals surface area contributed by atoms with Gasteiger partial charge in [-0.25, -0.2) is 13.8 Å². The quantitative estimate of drug-likeness (QED) is 0.599. The Morgan fingerprint density at radius 2 is 2.00 bits per heavy atom. The zero-order valence-corrected chi connectivity index (χ0v) is 19.2. The molecule has 0 N–H and O–H groups in total. The number of Topliss-reactive ketones (excluding diaryl/α,β-unsaturated/α-hetero) is 1. The van der Waals surface area contributed by atoms with Crippen LogP contribution in [0.2, 0.25) is 0 Å². The van der Waals surface area contributed by atoms with Gasteiger partial charge < -0.3 is 14.5 Å². The van der Waals surface area contributed by atoms with Gasteiger partial charge in [-0.15, -0.1) is 0 Å². The van der Waals surface area contributed by atoms with E-state index in [1.807, 2.05) is 43.9 Å². The Morgan fingerprint density at radius 3 is 2.70 bits per heavy atom. The van der Waals surface area contributed by atoms with E-state index in [1.54, 1.807) is 6.07 Å². The lowest BCUT2D eigenvalue weighted by Crippen LogP contribution is -2.45. The first kappa shape index (κ1) is 23.1. The zero-order chi connectivity index (χ0) is 23.8. The number of rotatable bonds is 5. The number of hydrogen-bond acceptors (Lipinski definition) is 5. The molecule has 1 aromatic carbocycles. The fourth-order valence-corrected chi connectivity index (χ4v) is 4.38. The number of alkyl halides is 2. The van der Waals surface area contributed by atoms with Crippen molar-refractivity contribution in [1.29, 1.82) is 0 Å². The molecule has 1 fully saturated rings. The number of aryl methyl sites for hydroxylation is 1. The van der Waals surface area contributed by atoms with Gasteiger partial charge in [-0.2, -0.15) is 0 Å². The van der Waals surface area contributed by atoms with E-state index in [9.17, 15) is 18.4 Å². The molecule has 0 atom stereocenters. The molecule has 0 saturated carbocycles. The fraction of sp³-hybridized carbons (Fsp3) is 0.480. The third kappa shape index (κ3) is 4.70. The first-order valence-corrected chi connectivity index (χ1v) is 11.4. The molecule has 0 aliphatic carbocycles. The number of ketones is 1. The van der Waals surface area contributed by atoms with Crippen LogP contribution < -0.4 is 9.64 Å². The number of amides is 1. The number of benzene rings is 1. The average Bonchev–Trinajstić information content (AvgIpc) is 2.81. The molecule has 4 rings (SSSR count). The van der Waals surface area contributed by atoms with Crippen LogP contribution in [-0.2, 0) is 6.42 Å². The smallest absolute Gasteiger partial charge is 0.265 e. The lowest BCUT2D eigenvalue weighted by Gasteiger charge is -2.33. The summed E-state index contributed by atoms with van der Waals surface area (Å²) in [5, 5.41) is 0. The second-order valence-electron chi connectivity index (χ2n) is 8.95. The highest BCUT2D eigenvalue weighted by molar-refractivity contribution is 5.99. The summed E-state index contributed by atoms with van der Waals surface area (Å²) in [6, 6.07) is 7.35. The van der Waals surface area contributed by atoms with Crippen LogP contribution in [-0.4, -0.2) is 53.7 Å². The normalized spacial score (nSPS) is 17.5. The lowest BCUT2D eigenvalue weighted by molar-refractivity contribution is -0.0560. The molecule has 0 bridgehead atoms. The van der Waals surface area contributed by atoms with E-state index in [-0.39, 0.29) is 30.1 Å². The summed E-state index contributed by atoms with van der Waals surface area (Å²) in [5.74, 6) is -2.28. The summed E-state index contributed by atoms with van der Waals surface area (Å²) in [7, 11) is 0. The highest BCUT2D eigenvalue weighted by Crippen LogP contribution is 2.37. The number of aromatic nitrogens is 1. The van der Waals surface area contributed by atoms with Crippen molar-refractivity contribution in [3.05, 3.63) is 47.2 Å². The molecular weight excluding hydrogens is 428 g/mol. The Kier molecular flexibility index (Phi) is 6.36. The standard InChI is InChI=1S/C25H29F2N3O3/c1-4-17-12-19(6-7-20(17)22(31)16(2)3)30-10-11-33-21-13-18(14-28-23(21)30)24(32)29-9-5-8-25(26,27)15-29/h6-7,12-14,16H,4-5,8-11,15H2,1-3H3. The third-order valence-corrected chi connectivity index (χ3v) is 6.16. The number of nitrogens with zero attached hydrogens (tertiary/aromatic N) is 3. The molecule has 0 spiro atoms. The molecule has 1 saturated heterocycles. The Bertz CT molecular complexity index is 1070. The molecule has 2 aliphatic heterocycles. The minimum absolute atomic E-state index is 0.0808. The predicted octanol–water partition coefficient (Wildman–Crippen LogP) is 4.88. The number of carbonyl (C=O) groups is 2. The molecule has 176 valence electrons. The molecule has 8 heteroatoms. The zero-order valence-electron chi connectivity index (χ0n) is 19.2. The van der Waals surface area contributed by atoms with Crippen LogP contribution in [0.1, 0.15) is 59.9 Å². The number of likely N-dealkylation sites (tertiary alicyclic amines) is 1. The molecule has 6 nitrogen and oxygen atoms in total. The molecular formula is C25H29F2N3O3. The fourth-order valence-electron chi connectivity index (χ4n) is 4.38. The number of piperidine rings is 1. The first-order chi connectivity index (χ1) is 15.7. The average molecular weight is 458 g/mol. The van der Waals surface area contributed by atoms with Crippen LogP contribution in [0.25, 0.3) is 0 Å². The number of hydrogen-bond donors (Lipinski definition) is 0. The van der Waals surface area contributed by atoms with Gasteiger partial charge in [0.25, 0.3) is 11.8 Å². The van der Waals surface area contributed by atoms with Gasteiger partial charge in [-0.3, -0.25) is 9.59 Å². The van der Waals surface area contributed by atoms with Crippen molar-refractivity contribution in [2.24, 2.45) is 5.92 Å². The second kappa shape index (κ2) is 9.08. The van der Waals surface area contributed by atoms with E-state index in [0.29, 0.717) is 31.3 Å². The Balaban J connectivity index is 1.61. The van der Waals surface area contributed by atoms with E-state index in [4.69, 9.17) is 4.74 Å². The number of halogens is 2. The Labute approximate surface area is 192 Å². The van der Waals surface area contributed by atoms with Crippen LogP contribution in [0.5, 0.6) is 5.75 Å². The van der Waals surface area contributed by atoms with Crippen molar-refractivity contribution in [2.75, 3.05) is 31.1 Å². The van der Waals surface area contributed by atoms with Crippen molar-refractivity contribution < 1.29 is 23.1 Å². The van der Waals surface area contributed by atoms with E-state index in [2.05, 4.69) is 4.98 Å². The highest BCUT2D eigenvalue weighted by Gasteiger charge is 2.37. The van der Waals surface area contributed by atoms with Crippen LogP contribution in [0.3, 0.4) is 0 Å². The minimum Gasteiger partial charge on any atom is -0.488 e. The number of fused-ring (bicyclic) bond motifs is 1. The molecule has 0 radical (unpaired) electrons. The summed E-state index contributed by atoms with van der Waals surface area (Å²) >= 11 is 0. The van der Waals surface area contributed by atoms with E-state index in [1.165, 1.54) is 11.1 Å². The van der Waals surface area contributed by atoms with Gasteiger partial charge >= 0.3 is 0 Å². The summed E-state index contributed by atoms with van der Waals surface area (Å²) < 4.78 is 33.3. The van der Waals surface area contributed by atoms with Crippen LogP contribution in [0, 0.1) is 5.92 Å². The first-order valence-electron chi connectivity index (χ1n) is 11.4. The van der Waals surface area contributed by atoms with Gasteiger partial charge in [0.1, 0.15) is 6.61 Å². The van der Waals surface area contributed by atoms with Gasteiger partial charge in [0.05, 0.1) is 18.7 Å². The summed E-state index contributed by atoms with van der Waals surface area (Å²) in [6.45, 7) is 6.48. The monoisotopic (exact) mass is 457 g/mol. The van der Waals surface area contributed by atoms with E-state index >= 15 is 0 Å². The second-order valence-corrected chi connectivity index (χ2v) is 8.95. The summed E-state index contributed by atoms with van der Waals surface area (Å²) in [6.07, 6.45) is 2.22. The van der Waals surface area contributed by atoms with Gasteiger partial charge in [-0.05, 0) is 42.7 Å². The third-order valence-electron chi connectivity index (χ3n) is 6.16. The van der Waals surface area contributed by atoms with Gasteiger partial charge in [-0.1, -0.05) is 20.8 Å². The van der Waals surface area contributed by atoms with Crippen molar-refractivity contribution in [3.8, 4) is 5.75 Å². The molecule has 0 unspecified atom stereocenters. The summed E-state index contributed by atoms with van der Waals surface area (Å²) in [4.78, 5) is 33.0. The Hall–Kier alpha value is -3.03.